The van der Waals surface area contributed by atoms with E-state index < -0.39 is 0 Å². The molecule has 9 aromatic carbocycles. The van der Waals surface area contributed by atoms with Crippen molar-refractivity contribution in [1.29, 1.82) is 0 Å². The van der Waals surface area contributed by atoms with Crippen LogP contribution in [0.4, 0.5) is 17.3 Å². The molecule has 0 saturated carbocycles. The van der Waals surface area contributed by atoms with Gasteiger partial charge in [0.1, 0.15) is 22.7 Å². The molecule has 0 aliphatic heterocycles. The van der Waals surface area contributed by atoms with Gasteiger partial charge in [-0.15, -0.1) is 0 Å². The lowest BCUT2D eigenvalue weighted by Crippen LogP contribution is -2.13. The van der Waals surface area contributed by atoms with Gasteiger partial charge in [0.25, 0.3) is 0 Å². The highest BCUT2D eigenvalue weighted by molar-refractivity contribution is 6.10. The molecule has 7 nitrogen and oxygen atoms in total. The fourth-order valence-corrected chi connectivity index (χ4v) is 9.05. The topological polar surface area (TPSA) is 81.1 Å². The number of benzene rings is 9. The Balaban J connectivity index is 0.939. The summed E-state index contributed by atoms with van der Waals surface area (Å²) in [5.41, 5.74) is 7.25. The third-order valence-corrected chi connectivity index (χ3v) is 12.1. The predicted molar refractivity (Wildman–Crippen MR) is 256 cm³/mol. The summed E-state index contributed by atoms with van der Waals surface area (Å²) in [6.07, 6.45) is 0. The molecule has 0 N–H and O–H groups in total. The molecular formula is C56H33N5O2. The zero-order valence-electron chi connectivity index (χ0n) is 33.6. The van der Waals surface area contributed by atoms with Gasteiger partial charge >= 0.3 is 0 Å². The van der Waals surface area contributed by atoms with Crippen LogP contribution in [0.2, 0.25) is 0 Å². The van der Waals surface area contributed by atoms with Crippen LogP contribution in [0.25, 0.3) is 110 Å². The molecule has 0 aliphatic rings. The second-order valence-corrected chi connectivity index (χ2v) is 15.9. The van der Waals surface area contributed by atoms with Gasteiger partial charge in [0.15, 0.2) is 0 Å². The van der Waals surface area contributed by atoms with Crippen molar-refractivity contribution in [3.63, 3.8) is 0 Å². The lowest BCUT2D eigenvalue weighted by atomic mass is 9.96. The van der Waals surface area contributed by atoms with E-state index in [-0.39, 0.29) is 0 Å². The molecule has 13 rings (SSSR count). The van der Waals surface area contributed by atoms with Crippen LogP contribution in [0.15, 0.2) is 209 Å². The van der Waals surface area contributed by atoms with Gasteiger partial charge in [0, 0.05) is 16.8 Å². The Morgan fingerprint density at radius 2 is 0.794 bits per heavy atom. The van der Waals surface area contributed by atoms with Crippen molar-refractivity contribution in [3.8, 4) is 34.0 Å². The van der Waals surface area contributed by atoms with Gasteiger partial charge in [-0.25, -0.2) is 9.97 Å². The monoisotopic (exact) mass is 807 g/mol. The molecule has 0 bridgehead atoms. The van der Waals surface area contributed by atoms with E-state index in [0.29, 0.717) is 45.9 Å². The fraction of sp³-hybridized carbons (Fsp3) is 0. The maximum absolute atomic E-state index is 6.47. The minimum atomic E-state index is 0.424. The van der Waals surface area contributed by atoms with Crippen molar-refractivity contribution < 1.29 is 8.83 Å². The molecule has 0 aliphatic carbocycles. The van der Waals surface area contributed by atoms with Crippen LogP contribution in [0.1, 0.15) is 0 Å². The maximum atomic E-state index is 6.47. The van der Waals surface area contributed by atoms with E-state index in [9.17, 15) is 0 Å². The summed E-state index contributed by atoms with van der Waals surface area (Å²) in [5.74, 6) is 2.26. The molecule has 0 amide bonds. The van der Waals surface area contributed by atoms with Crippen molar-refractivity contribution in [3.05, 3.63) is 200 Å². The Morgan fingerprint density at radius 1 is 0.317 bits per heavy atom. The summed E-state index contributed by atoms with van der Waals surface area (Å²) in [6.45, 7) is 0. The quantitative estimate of drug-likeness (QED) is 0.155. The number of rotatable bonds is 6. The van der Waals surface area contributed by atoms with Gasteiger partial charge < -0.3 is 8.83 Å². The number of fused-ring (bicyclic) bond motifs is 8. The number of oxazole rings is 2. The summed E-state index contributed by atoms with van der Waals surface area (Å²) in [4.78, 5) is 22.1. The number of nitrogens with zero attached hydrogens (tertiary/aromatic N) is 5. The minimum absolute atomic E-state index is 0.424. The Morgan fingerprint density at radius 3 is 1.41 bits per heavy atom. The molecule has 294 valence electrons. The second-order valence-electron chi connectivity index (χ2n) is 15.9. The molecule has 0 atom stereocenters. The van der Waals surface area contributed by atoms with Crippen molar-refractivity contribution >= 4 is 93.6 Å². The van der Waals surface area contributed by atoms with Crippen LogP contribution < -0.4 is 4.90 Å². The molecule has 63 heavy (non-hydrogen) atoms. The first-order valence-electron chi connectivity index (χ1n) is 20.9. The minimum Gasteiger partial charge on any atom is -0.418 e. The van der Waals surface area contributed by atoms with Gasteiger partial charge in [0.2, 0.25) is 23.2 Å². The Kier molecular flexibility index (Phi) is 7.77. The van der Waals surface area contributed by atoms with Crippen molar-refractivity contribution in [2.24, 2.45) is 0 Å². The van der Waals surface area contributed by atoms with Gasteiger partial charge in [-0.05, 0) is 126 Å². The highest BCUT2D eigenvalue weighted by Crippen LogP contribution is 2.40. The van der Waals surface area contributed by atoms with E-state index in [1.165, 1.54) is 32.7 Å². The van der Waals surface area contributed by atoms with Gasteiger partial charge in [-0.3, -0.25) is 4.90 Å². The van der Waals surface area contributed by atoms with Crippen LogP contribution in [0.3, 0.4) is 0 Å². The van der Waals surface area contributed by atoms with Gasteiger partial charge in [0.05, 0.1) is 0 Å². The molecule has 0 unspecified atom stereocenters. The molecule has 0 radical (unpaired) electrons. The van der Waals surface area contributed by atoms with E-state index in [1.54, 1.807) is 0 Å². The Bertz CT molecular complexity index is 3790. The molecule has 0 spiro atoms. The zero-order valence-corrected chi connectivity index (χ0v) is 33.6. The normalized spacial score (nSPS) is 11.8. The molecule has 7 heteroatoms. The highest BCUT2D eigenvalue weighted by atomic mass is 16.4. The van der Waals surface area contributed by atoms with Crippen LogP contribution in [-0.2, 0) is 0 Å². The summed E-state index contributed by atoms with van der Waals surface area (Å²) < 4.78 is 12.9. The lowest BCUT2D eigenvalue weighted by molar-refractivity contribution is 0.608. The molecule has 13 aromatic rings. The van der Waals surface area contributed by atoms with Crippen LogP contribution in [0, 0.1) is 0 Å². The zero-order chi connectivity index (χ0) is 41.4. The average molecular weight is 808 g/mol. The van der Waals surface area contributed by atoms with Gasteiger partial charge in [-0.2, -0.15) is 9.97 Å². The van der Waals surface area contributed by atoms with Crippen LogP contribution in [0.5, 0.6) is 0 Å². The summed E-state index contributed by atoms with van der Waals surface area (Å²) >= 11 is 0. The third-order valence-electron chi connectivity index (χ3n) is 12.1. The maximum Gasteiger partial charge on any atom is 0.249 e. The molecule has 0 saturated heterocycles. The van der Waals surface area contributed by atoms with Crippen LogP contribution >= 0.6 is 0 Å². The first kappa shape index (κ1) is 35.1. The van der Waals surface area contributed by atoms with Crippen molar-refractivity contribution in [2.45, 2.75) is 0 Å². The van der Waals surface area contributed by atoms with E-state index in [4.69, 9.17) is 28.8 Å². The molecule has 0 fully saturated rings. The van der Waals surface area contributed by atoms with Crippen molar-refractivity contribution in [2.75, 3.05) is 4.90 Å². The lowest BCUT2D eigenvalue weighted by Gasteiger charge is -2.23. The van der Waals surface area contributed by atoms with Crippen molar-refractivity contribution in [1.82, 2.24) is 19.9 Å². The summed E-state index contributed by atoms with van der Waals surface area (Å²) in [5, 5.41) is 11.4. The predicted octanol–water partition coefficient (Wildman–Crippen LogP) is 15.0. The Hall–Kier alpha value is -8.68. The average Bonchev–Trinajstić information content (AvgIpc) is 3.97. The van der Waals surface area contributed by atoms with Crippen LogP contribution in [-0.4, -0.2) is 19.9 Å². The Labute approximate surface area is 360 Å². The molecule has 4 aromatic heterocycles. The number of pyridine rings is 2. The number of anilines is 3. The van der Waals surface area contributed by atoms with Gasteiger partial charge in [-0.1, -0.05) is 140 Å². The smallest absolute Gasteiger partial charge is 0.249 e. The largest absolute Gasteiger partial charge is 0.418 e. The fourth-order valence-electron chi connectivity index (χ4n) is 9.05. The highest BCUT2D eigenvalue weighted by Gasteiger charge is 2.22. The second kappa shape index (κ2) is 13.9. The SMILES string of the molecule is c1ccc2cc(-c3ccc4c(ccc5cc(N(c6ccc7nc(-c8cccc9ccccc89)oc7n6)c6ccc7nc(-c8cccc9ccccc89)oc7n6)ccc54)c3)ccc2c1. The van der Waals surface area contributed by atoms with E-state index >= 15 is 0 Å². The summed E-state index contributed by atoms with van der Waals surface area (Å²) in [7, 11) is 0. The molecular weight excluding hydrogens is 775 g/mol. The summed E-state index contributed by atoms with van der Waals surface area (Å²) in [6, 6.07) is 69.4. The van der Waals surface area contributed by atoms with E-state index in [1.807, 2.05) is 77.7 Å². The van der Waals surface area contributed by atoms with E-state index in [2.05, 4.69) is 127 Å². The first-order chi connectivity index (χ1) is 31.2. The number of hydrogen-bond acceptors (Lipinski definition) is 7. The first-order valence-corrected chi connectivity index (χ1v) is 20.9. The standard InChI is InChI=1S/C56H33N5O2/c1-2-12-37-31-38(20-19-34(37)9-1)39-23-25-45-40(32-39)21-22-41-33-42(24-26-46(41)45)61(51-29-27-49-55(59-51)62-53(57-49)47-17-7-13-35-10-3-5-15-43(35)47)52-30-28-50-56(60-52)63-54(58-50)48-18-8-14-36-11-4-6-16-44(36)48/h1-33H. The number of aromatic nitrogens is 4. The third kappa shape index (κ3) is 5.90. The van der Waals surface area contributed by atoms with E-state index in [0.717, 1.165) is 49.1 Å². The molecule has 4 heterocycles. The number of hydrogen-bond donors (Lipinski definition) is 0.